The minimum absolute atomic E-state index is 0.143. The van der Waals surface area contributed by atoms with Crippen LogP contribution in [-0.2, 0) is 9.53 Å². The number of aliphatic hydroxyl groups excluding tert-OH is 1. The van der Waals surface area contributed by atoms with Crippen molar-refractivity contribution in [3.63, 3.8) is 0 Å². The van der Waals surface area contributed by atoms with Crippen molar-refractivity contribution in [2.45, 2.75) is 32.1 Å². The Morgan fingerprint density at radius 3 is 2.88 bits per heavy atom. The Kier molecular flexibility index (Phi) is 7.40. The zero-order valence-corrected chi connectivity index (χ0v) is 10.9. The molecule has 1 saturated carbocycles. The van der Waals surface area contributed by atoms with Gasteiger partial charge in [0.25, 0.3) is 0 Å². The molecule has 1 fully saturated rings. The van der Waals surface area contributed by atoms with Gasteiger partial charge in [-0.25, -0.2) is 0 Å². The Bertz CT molecular complexity index is 221. The maximum absolute atomic E-state index is 11.9. The summed E-state index contributed by atoms with van der Waals surface area (Å²) in [5.41, 5.74) is 0. The topological polar surface area (TPSA) is 49.8 Å². The van der Waals surface area contributed by atoms with Crippen LogP contribution in [0.25, 0.3) is 0 Å². The Balaban J connectivity index is 2.42. The summed E-state index contributed by atoms with van der Waals surface area (Å²) in [5, 5.41) is 9.02. The molecule has 0 aromatic heterocycles. The van der Waals surface area contributed by atoms with Gasteiger partial charge in [-0.1, -0.05) is 12.8 Å². The molecule has 4 heteroatoms. The van der Waals surface area contributed by atoms with Crippen LogP contribution in [0.3, 0.4) is 0 Å². The maximum Gasteiger partial charge on any atom is 0.137 e. The Morgan fingerprint density at radius 1 is 1.35 bits per heavy atom. The minimum atomic E-state index is 0.143. The van der Waals surface area contributed by atoms with Crippen molar-refractivity contribution >= 4 is 5.78 Å². The van der Waals surface area contributed by atoms with Gasteiger partial charge in [-0.15, -0.1) is 0 Å². The summed E-state index contributed by atoms with van der Waals surface area (Å²) >= 11 is 0. The first kappa shape index (κ1) is 14.6. The largest absolute Gasteiger partial charge is 0.395 e. The number of carbonyl (C=O) groups excluding carboxylic acids is 1. The number of carbonyl (C=O) groups is 1. The minimum Gasteiger partial charge on any atom is -0.395 e. The molecule has 0 aromatic rings. The summed E-state index contributed by atoms with van der Waals surface area (Å²) in [7, 11) is 1.67. The van der Waals surface area contributed by atoms with Gasteiger partial charge in [-0.2, -0.15) is 0 Å². The van der Waals surface area contributed by atoms with Crippen LogP contribution >= 0.6 is 0 Å². The second kappa shape index (κ2) is 8.61. The van der Waals surface area contributed by atoms with Gasteiger partial charge in [0.1, 0.15) is 5.78 Å². The third-order valence-corrected chi connectivity index (χ3v) is 3.44. The standard InChI is InChI=1S/C13H25NO3/c1-17-10-8-14(7-9-15)11-12-5-3-2-4-6-13(12)16/h12,15H,2-11H2,1H3. The molecule has 17 heavy (non-hydrogen) atoms. The van der Waals surface area contributed by atoms with Crippen LogP contribution in [-0.4, -0.2) is 55.7 Å². The lowest BCUT2D eigenvalue weighted by atomic mass is 9.98. The Morgan fingerprint density at radius 2 is 2.18 bits per heavy atom. The fraction of sp³-hybridized carbons (Fsp3) is 0.923. The number of aliphatic hydroxyl groups is 1. The van der Waals surface area contributed by atoms with Crippen LogP contribution < -0.4 is 0 Å². The second-order valence-electron chi connectivity index (χ2n) is 4.78. The van der Waals surface area contributed by atoms with Crippen LogP contribution in [0.2, 0.25) is 0 Å². The van der Waals surface area contributed by atoms with E-state index in [0.29, 0.717) is 18.9 Å². The van der Waals surface area contributed by atoms with Gasteiger partial charge in [0.15, 0.2) is 0 Å². The average molecular weight is 243 g/mol. The summed E-state index contributed by atoms with van der Waals surface area (Å²) in [4.78, 5) is 14.0. The van der Waals surface area contributed by atoms with Crippen molar-refractivity contribution in [1.82, 2.24) is 4.90 Å². The first-order chi connectivity index (χ1) is 8.27. The lowest BCUT2D eigenvalue weighted by Gasteiger charge is -2.25. The van der Waals surface area contributed by atoms with Crippen LogP contribution in [0.1, 0.15) is 32.1 Å². The van der Waals surface area contributed by atoms with E-state index < -0.39 is 0 Å². The van der Waals surface area contributed by atoms with E-state index in [0.717, 1.165) is 38.8 Å². The van der Waals surface area contributed by atoms with Crippen molar-refractivity contribution in [3.8, 4) is 0 Å². The summed E-state index contributed by atoms with van der Waals surface area (Å²) in [6.07, 6.45) is 5.14. The lowest BCUT2D eigenvalue weighted by molar-refractivity contribution is -0.123. The van der Waals surface area contributed by atoms with E-state index in [9.17, 15) is 4.79 Å². The van der Waals surface area contributed by atoms with Crippen LogP contribution in [0.5, 0.6) is 0 Å². The smallest absolute Gasteiger partial charge is 0.137 e. The van der Waals surface area contributed by atoms with Crippen LogP contribution in [0, 0.1) is 5.92 Å². The highest BCUT2D eigenvalue weighted by molar-refractivity contribution is 5.81. The molecule has 1 aliphatic carbocycles. The van der Waals surface area contributed by atoms with E-state index in [2.05, 4.69) is 4.90 Å². The summed E-state index contributed by atoms with van der Waals surface area (Å²) in [5.74, 6) is 0.573. The predicted octanol–water partition coefficient (Wildman–Crippen LogP) is 1.08. The molecule has 0 saturated heterocycles. The third-order valence-electron chi connectivity index (χ3n) is 3.44. The molecule has 4 nitrogen and oxygen atoms in total. The number of nitrogens with zero attached hydrogens (tertiary/aromatic N) is 1. The van der Waals surface area contributed by atoms with E-state index in [4.69, 9.17) is 9.84 Å². The van der Waals surface area contributed by atoms with Gasteiger partial charge in [0.2, 0.25) is 0 Å². The second-order valence-corrected chi connectivity index (χ2v) is 4.78. The van der Waals surface area contributed by atoms with E-state index in [-0.39, 0.29) is 12.5 Å². The van der Waals surface area contributed by atoms with Crippen molar-refractivity contribution in [2.75, 3.05) is 40.0 Å². The highest BCUT2D eigenvalue weighted by Gasteiger charge is 2.22. The summed E-state index contributed by atoms with van der Waals surface area (Å²) in [6, 6.07) is 0. The summed E-state index contributed by atoms with van der Waals surface area (Å²) < 4.78 is 5.05. The van der Waals surface area contributed by atoms with Crippen molar-refractivity contribution in [2.24, 2.45) is 5.92 Å². The van der Waals surface area contributed by atoms with E-state index in [1.165, 1.54) is 6.42 Å². The lowest BCUT2D eigenvalue weighted by Crippen LogP contribution is -2.37. The number of ether oxygens (including phenoxy) is 1. The molecule has 100 valence electrons. The number of methoxy groups -OCH3 is 1. The van der Waals surface area contributed by atoms with E-state index in [1.54, 1.807) is 7.11 Å². The van der Waals surface area contributed by atoms with Gasteiger partial charge >= 0.3 is 0 Å². The third kappa shape index (κ3) is 5.61. The molecule has 0 spiro atoms. The molecule has 0 radical (unpaired) electrons. The van der Waals surface area contributed by atoms with Gasteiger partial charge < -0.3 is 9.84 Å². The Hall–Kier alpha value is -0.450. The zero-order valence-electron chi connectivity index (χ0n) is 10.9. The molecular weight excluding hydrogens is 218 g/mol. The monoisotopic (exact) mass is 243 g/mol. The number of ketones is 1. The molecule has 0 amide bonds. The molecule has 0 aromatic carbocycles. The quantitative estimate of drug-likeness (QED) is 0.680. The molecule has 1 N–H and O–H groups in total. The summed E-state index contributed by atoms with van der Waals surface area (Å²) in [6.45, 7) is 3.00. The molecular formula is C13H25NO3. The van der Waals surface area contributed by atoms with Crippen molar-refractivity contribution in [1.29, 1.82) is 0 Å². The fourth-order valence-electron chi connectivity index (χ4n) is 2.39. The SMILES string of the molecule is COCCN(CCO)CC1CCCCCC1=O. The number of hydrogen-bond acceptors (Lipinski definition) is 4. The predicted molar refractivity (Wildman–Crippen MR) is 67.0 cm³/mol. The average Bonchev–Trinajstić information content (AvgIpc) is 2.52. The first-order valence-electron chi connectivity index (χ1n) is 6.62. The first-order valence-corrected chi connectivity index (χ1v) is 6.62. The highest BCUT2D eigenvalue weighted by Crippen LogP contribution is 2.20. The normalized spacial score (nSPS) is 21.8. The van der Waals surface area contributed by atoms with Gasteiger partial charge in [-0.3, -0.25) is 9.69 Å². The number of Topliss-reactive ketones (excluding diaryl/α,β-unsaturated/α-hetero) is 1. The number of hydrogen-bond donors (Lipinski definition) is 1. The molecule has 1 rings (SSSR count). The van der Waals surface area contributed by atoms with Gasteiger partial charge in [0.05, 0.1) is 13.2 Å². The maximum atomic E-state index is 11.9. The molecule has 1 unspecified atom stereocenters. The molecule has 0 heterocycles. The molecule has 1 aliphatic rings. The zero-order chi connectivity index (χ0) is 12.5. The molecule has 0 bridgehead atoms. The van der Waals surface area contributed by atoms with E-state index in [1.807, 2.05) is 0 Å². The van der Waals surface area contributed by atoms with Crippen molar-refractivity contribution < 1.29 is 14.6 Å². The molecule has 0 aliphatic heterocycles. The van der Waals surface area contributed by atoms with E-state index >= 15 is 0 Å². The highest BCUT2D eigenvalue weighted by atomic mass is 16.5. The van der Waals surface area contributed by atoms with Crippen LogP contribution in [0.15, 0.2) is 0 Å². The molecule has 1 atom stereocenters. The van der Waals surface area contributed by atoms with Gasteiger partial charge in [0, 0.05) is 39.1 Å². The van der Waals surface area contributed by atoms with Crippen molar-refractivity contribution in [3.05, 3.63) is 0 Å². The Labute approximate surface area is 104 Å². The fourth-order valence-corrected chi connectivity index (χ4v) is 2.39. The number of rotatable bonds is 7. The van der Waals surface area contributed by atoms with Gasteiger partial charge in [-0.05, 0) is 12.8 Å². The van der Waals surface area contributed by atoms with Crippen LogP contribution in [0.4, 0.5) is 0 Å².